The zero-order valence-electron chi connectivity index (χ0n) is 44.0. The summed E-state index contributed by atoms with van der Waals surface area (Å²) >= 11 is 0. The summed E-state index contributed by atoms with van der Waals surface area (Å²) in [6.07, 6.45) is 68.6. The van der Waals surface area contributed by atoms with Gasteiger partial charge in [0.2, 0.25) is 0 Å². The van der Waals surface area contributed by atoms with E-state index in [1.165, 1.54) is 77.0 Å². The monoisotopic (exact) mass is 947 g/mol. The average Bonchev–Trinajstić information content (AvgIpc) is 3.30. The number of aliphatic carboxylic acids is 1. The van der Waals surface area contributed by atoms with Crippen LogP contribution >= 0.6 is 0 Å². The number of carboxylic acids is 1. The minimum Gasteiger partial charge on any atom is -0.477 e. The van der Waals surface area contributed by atoms with Crippen LogP contribution in [-0.4, -0.2) is 80.6 Å². The maximum atomic E-state index is 12.8. The van der Waals surface area contributed by atoms with Crippen LogP contribution in [0.2, 0.25) is 0 Å². The van der Waals surface area contributed by atoms with E-state index in [-0.39, 0.29) is 42.7 Å². The number of rotatable bonds is 47. The van der Waals surface area contributed by atoms with E-state index in [1.54, 1.807) is 0 Å². The number of unbranched alkanes of at least 4 members (excludes halogenated alkanes) is 15. The Hall–Kier alpha value is -4.01. The van der Waals surface area contributed by atoms with Gasteiger partial charge in [-0.25, -0.2) is 4.79 Å². The number of carboxylic acid groups (broad SMARTS) is 1. The van der Waals surface area contributed by atoms with Gasteiger partial charge in [0, 0.05) is 19.3 Å². The highest BCUT2D eigenvalue weighted by Crippen LogP contribution is 2.14. The van der Waals surface area contributed by atoms with Crippen molar-refractivity contribution < 1.29 is 38.2 Å². The van der Waals surface area contributed by atoms with Crippen molar-refractivity contribution in [1.82, 2.24) is 0 Å². The van der Waals surface area contributed by atoms with Crippen LogP contribution in [0.1, 0.15) is 200 Å². The number of allylic oxidation sites excluding steroid dienone is 18. The first-order valence-electron chi connectivity index (χ1n) is 26.9. The number of carbonyl (C=O) groups excluding carboxylic acids is 2. The highest BCUT2D eigenvalue weighted by Gasteiger charge is 2.31. The highest BCUT2D eigenvalue weighted by atomic mass is 16.6. The van der Waals surface area contributed by atoms with Crippen LogP contribution in [0.4, 0.5) is 0 Å². The molecule has 0 fully saturated rings. The smallest absolute Gasteiger partial charge is 0.362 e. The zero-order valence-corrected chi connectivity index (χ0v) is 44.0. The Bertz CT molecular complexity index is 1470. The van der Waals surface area contributed by atoms with Gasteiger partial charge in [-0.3, -0.25) is 9.59 Å². The standard InChI is InChI=1S/C60H99NO7/c1-6-8-10-12-14-16-18-20-22-24-26-28-29-31-32-34-36-38-40-42-44-46-48-50-58(62)67-55-56(54-66-53-52-57(60(64)65)61(3,4)5)68-59(63)51-49-47-45-43-41-39-37-35-33-30-27-25-23-21-19-17-15-13-11-9-7-2/h8,10,14-17,20-23,26-28,30,35,37,41,43,56-57H,6-7,9,11-13,18-19,24-25,29,31-34,36,38-40,42,44-55H2,1-5H3/p+1/b10-8+,16-14+,17-15+,22-20+,23-21+,28-26+,30-27+,37-35+,43-41+. The summed E-state index contributed by atoms with van der Waals surface area (Å²) in [6, 6.07) is -0.631. The van der Waals surface area contributed by atoms with Gasteiger partial charge in [-0.1, -0.05) is 187 Å². The molecule has 0 radical (unpaired) electrons. The minimum atomic E-state index is -0.886. The van der Waals surface area contributed by atoms with Crippen LogP contribution < -0.4 is 0 Å². The molecule has 0 aliphatic heterocycles. The number of hydrogen-bond donors (Lipinski definition) is 1. The van der Waals surface area contributed by atoms with Crippen molar-refractivity contribution in [2.45, 2.75) is 212 Å². The van der Waals surface area contributed by atoms with E-state index in [4.69, 9.17) is 14.2 Å². The molecule has 0 saturated heterocycles. The second kappa shape index (κ2) is 49.4. The Kier molecular flexibility index (Phi) is 46.5. The molecule has 0 heterocycles. The van der Waals surface area contributed by atoms with Crippen LogP contribution in [-0.2, 0) is 28.6 Å². The topological polar surface area (TPSA) is 99.1 Å². The van der Waals surface area contributed by atoms with E-state index in [0.717, 1.165) is 83.5 Å². The molecule has 8 heteroatoms. The molecule has 8 nitrogen and oxygen atoms in total. The van der Waals surface area contributed by atoms with Crippen molar-refractivity contribution in [2.75, 3.05) is 41.0 Å². The molecule has 0 saturated carbocycles. The zero-order chi connectivity index (χ0) is 49.9. The molecule has 0 aliphatic rings. The van der Waals surface area contributed by atoms with Gasteiger partial charge >= 0.3 is 17.9 Å². The van der Waals surface area contributed by atoms with Gasteiger partial charge in [0.25, 0.3) is 0 Å². The summed E-state index contributed by atoms with van der Waals surface area (Å²) in [5, 5.41) is 9.67. The molecular weight excluding hydrogens is 847 g/mol. The van der Waals surface area contributed by atoms with E-state index in [2.05, 4.69) is 123 Å². The van der Waals surface area contributed by atoms with Crippen molar-refractivity contribution >= 4 is 17.9 Å². The number of nitrogens with zero attached hydrogens (tertiary/aromatic N) is 1. The summed E-state index contributed by atoms with van der Waals surface area (Å²) in [5.74, 6) is -1.54. The largest absolute Gasteiger partial charge is 0.477 e. The van der Waals surface area contributed by atoms with Gasteiger partial charge in [0.15, 0.2) is 12.1 Å². The van der Waals surface area contributed by atoms with E-state index in [9.17, 15) is 19.5 Å². The maximum Gasteiger partial charge on any atom is 0.362 e. The second-order valence-corrected chi connectivity index (χ2v) is 18.7. The first kappa shape index (κ1) is 64.0. The molecule has 0 aromatic heterocycles. The number of ether oxygens (including phenoxy) is 3. The van der Waals surface area contributed by atoms with E-state index >= 15 is 0 Å². The Morgan fingerprint density at radius 2 is 0.824 bits per heavy atom. The molecule has 0 aromatic rings. The van der Waals surface area contributed by atoms with Crippen LogP contribution in [0.3, 0.4) is 0 Å². The Balaban J connectivity index is 4.32. The van der Waals surface area contributed by atoms with E-state index in [1.807, 2.05) is 21.1 Å². The first-order valence-corrected chi connectivity index (χ1v) is 26.9. The molecule has 0 aromatic carbocycles. The van der Waals surface area contributed by atoms with Gasteiger partial charge in [0.1, 0.15) is 6.61 Å². The first-order chi connectivity index (χ1) is 33.1. The Labute approximate surface area is 417 Å². The fraction of sp³-hybridized carbons (Fsp3) is 0.650. The fourth-order valence-corrected chi connectivity index (χ4v) is 7.28. The third-order valence-corrected chi connectivity index (χ3v) is 11.4. The summed E-state index contributed by atoms with van der Waals surface area (Å²) < 4.78 is 17.3. The lowest BCUT2D eigenvalue weighted by Gasteiger charge is -2.31. The number of hydrogen-bond acceptors (Lipinski definition) is 6. The van der Waals surface area contributed by atoms with Crippen molar-refractivity contribution in [3.8, 4) is 0 Å². The van der Waals surface area contributed by atoms with E-state index < -0.39 is 18.1 Å². The summed E-state index contributed by atoms with van der Waals surface area (Å²) in [5.41, 5.74) is 0. The minimum absolute atomic E-state index is 0.0357. The molecule has 0 amide bonds. The van der Waals surface area contributed by atoms with Crippen molar-refractivity contribution in [3.63, 3.8) is 0 Å². The Morgan fingerprint density at radius 1 is 0.456 bits per heavy atom. The second-order valence-electron chi connectivity index (χ2n) is 18.7. The highest BCUT2D eigenvalue weighted by molar-refractivity contribution is 5.72. The van der Waals surface area contributed by atoms with Crippen LogP contribution in [0.25, 0.3) is 0 Å². The van der Waals surface area contributed by atoms with Crippen LogP contribution in [0.5, 0.6) is 0 Å². The molecule has 1 N–H and O–H groups in total. The van der Waals surface area contributed by atoms with Gasteiger partial charge in [-0.05, 0) is 103 Å². The molecule has 0 aliphatic carbocycles. The number of carbonyl (C=O) groups is 3. The number of esters is 2. The van der Waals surface area contributed by atoms with Crippen molar-refractivity contribution in [2.24, 2.45) is 0 Å². The summed E-state index contributed by atoms with van der Waals surface area (Å²) in [7, 11) is 5.51. The SMILES string of the molecule is CC/C=C/C/C=C/C/C=C/C/C=C/CCCCCCCCCCCCC(=O)OCC(COCCC(C(=O)O)[N+](C)(C)C)OC(=O)CCCC/C=C/C/C=C/C/C=C/C/C=C/C/C=C/CCCCC. The molecule has 2 unspecified atom stereocenters. The lowest BCUT2D eigenvalue weighted by molar-refractivity contribution is -0.887. The molecule has 0 spiro atoms. The summed E-state index contributed by atoms with van der Waals surface area (Å²) in [6.45, 7) is 4.54. The van der Waals surface area contributed by atoms with Crippen LogP contribution in [0, 0.1) is 0 Å². The molecule has 386 valence electrons. The molecule has 2 atom stereocenters. The normalized spacial score (nSPS) is 13.7. The predicted octanol–water partition coefficient (Wildman–Crippen LogP) is 16.0. The number of likely N-dealkylation sites (N-methyl/N-ethyl adjacent to an activating group) is 1. The molecule has 0 bridgehead atoms. The number of quaternary nitrogens is 1. The maximum absolute atomic E-state index is 12.8. The summed E-state index contributed by atoms with van der Waals surface area (Å²) in [4.78, 5) is 37.2. The van der Waals surface area contributed by atoms with Gasteiger partial charge in [0.05, 0.1) is 34.4 Å². The quantitative estimate of drug-likeness (QED) is 0.0281. The Morgan fingerprint density at radius 3 is 1.25 bits per heavy atom. The van der Waals surface area contributed by atoms with Gasteiger partial charge in [-0.15, -0.1) is 0 Å². The van der Waals surface area contributed by atoms with Crippen molar-refractivity contribution in [1.29, 1.82) is 0 Å². The van der Waals surface area contributed by atoms with Crippen molar-refractivity contribution in [3.05, 3.63) is 109 Å². The lowest BCUT2D eigenvalue weighted by atomic mass is 10.1. The third-order valence-electron chi connectivity index (χ3n) is 11.4. The molecule has 0 rings (SSSR count). The molecule has 68 heavy (non-hydrogen) atoms. The lowest BCUT2D eigenvalue weighted by Crippen LogP contribution is -2.50. The van der Waals surface area contributed by atoms with Crippen LogP contribution in [0.15, 0.2) is 109 Å². The fourth-order valence-electron chi connectivity index (χ4n) is 7.28. The van der Waals surface area contributed by atoms with Gasteiger partial charge < -0.3 is 23.8 Å². The average molecular weight is 947 g/mol. The third kappa shape index (κ3) is 47.1. The predicted molar refractivity (Wildman–Crippen MR) is 289 cm³/mol. The van der Waals surface area contributed by atoms with Gasteiger partial charge in [-0.2, -0.15) is 0 Å². The van der Waals surface area contributed by atoms with E-state index in [0.29, 0.717) is 19.3 Å². The molecular formula is C60H100NO7+.